The standard InChI is InChI=1S/C28H57NO6S/c1-3-5-7-9-11-13-14-15-17-18-20-22-26(30)25(24-36(33,34)35)29-28(32)27(31)23-21-19-16-12-10-8-6-4-2/h25-27,30-31H,3-24H2,1-2H3,(H,29,32)(H,33,34,35). The number of carbonyl (C=O) groups excluding carboxylic acids is 1. The van der Waals surface area contributed by atoms with Gasteiger partial charge in [0.25, 0.3) is 10.1 Å². The highest BCUT2D eigenvalue weighted by atomic mass is 32.2. The van der Waals surface area contributed by atoms with Crippen LogP contribution >= 0.6 is 0 Å². The summed E-state index contributed by atoms with van der Waals surface area (Å²) < 4.78 is 32.1. The lowest BCUT2D eigenvalue weighted by Gasteiger charge is -2.24. The molecule has 0 saturated carbocycles. The van der Waals surface area contributed by atoms with Gasteiger partial charge >= 0.3 is 0 Å². The van der Waals surface area contributed by atoms with Crippen molar-refractivity contribution in [2.24, 2.45) is 0 Å². The van der Waals surface area contributed by atoms with Crippen LogP contribution in [0.3, 0.4) is 0 Å². The highest BCUT2D eigenvalue weighted by molar-refractivity contribution is 7.85. The van der Waals surface area contributed by atoms with Crippen molar-refractivity contribution in [3.63, 3.8) is 0 Å². The zero-order chi connectivity index (χ0) is 27.1. The molecule has 0 saturated heterocycles. The van der Waals surface area contributed by atoms with Crippen LogP contribution in [0.15, 0.2) is 0 Å². The predicted molar refractivity (Wildman–Crippen MR) is 149 cm³/mol. The van der Waals surface area contributed by atoms with Gasteiger partial charge in [-0.1, -0.05) is 136 Å². The molecule has 216 valence electrons. The van der Waals surface area contributed by atoms with E-state index < -0.39 is 40.0 Å². The third-order valence-corrected chi connectivity index (χ3v) is 7.70. The van der Waals surface area contributed by atoms with Crippen molar-refractivity contribution in [2.45, 2.75) is 167 Å². The van der Waals surface area contributed by atoms with Gasteiger partial charge in [-0.05, 0) is 12.8 Å². The zero-order valence-corrected chi connectivity index (χ0v) is 24.1. The molecule has 0 heterocycles. The fourth-order valence-electron chi connectivity index (χ4n) is 4.58. The summed E-state index contributed by atoms with van der Waals surface area (Å²) in [6, 6.07) is -1.14. The molecule has 0 aromatic heterocycles. The molecule has 0 fully saturated rings. The maximum Gasteiger partial charge on any atom is 0.266 e. The first kappa shape index (κ1) is 35.3. The molecule has 0 aliphatic heterocycles. The number of amides is 1. The van der Waals surface area contributed by atoms with E-state index >= 15 is 0 Å². The van der Waals surface area contributed by atoms with Gasteiger partial charge < -0.3 is 15.5 Å². The second-order valence-corrected chi connectivity index (χ2v) is 12.0. The minimum atomic E-state index is -4.38. The molecular formula is C28H57NO6S. The van der Waals surface area contributed by atoms with E-state index in [1.54, 1.807) is 0 Å². The van der Waals surface area contributed by atoms with E-state index in [-0.39, 0.29) is 0 Å². The molecule has 0 bridgehead atoms. The van der Waals surface area contributed by atoms with E-state index in [4.69, 9.17) is 0 Å². The third kappa shape index (κ3) is 22.5. The smallest absolute Gasteiger partial charge is 0.266 e. The van der Waals surface area contributed by atoms with E-state index in [0.29, 0.717) is 19.3 Å². The van der Waals surface area contributed by atoms with Crippen LogP contribution in [0.4, 0.5) is 0 Å². The Balaban J connectivity index is 4.20. The van der Waals surface area contributed by atoms with Gasteiger partial charge in [0, 0.05) is 0 Å². The van der Waals surface area contributed by atoms with Gasteiger partial charge in [-0.25, -0.2) is 0 Å². The van der Waals surface area contributed by atoms with Crippen LogP contribution in [0.2, 0.25) is 0 Å². The Bertz CT molecular complexity index is 613. The maximum atomic E-state index is 12.4. The number of rotatable bonds is 26. The van der Waals surface area contributed by atoms with E-state index in [1.165, 1.54) is 70.6 Å². The Morgan fingerprint density at radius 3 is 1.39 bits per heavy atom. The van der Waals surface area contributed by atoms with Crippen LogP contribution in [-0.4, -0.2) is 53.1 Å². The van der Waals surface area contributed by atoms with Gasteiger partial charge in [-0.2, -0.15) is 8.42 Å². The Labute approximate surface area is 222 Å². The molecule has 0 spiro atoms. The maximum absolute atomic E-state index is 12.4. The second-order valence-electron chi connectivity index (χ2n) is 10.5. The number of unbranched alkanes of at least 4 members (excludes halogenated alkanes) is 17. The van der Waals surface area contributed by atoms with Gasteiger partial charge in [0.2, 0.25) is 5.91 Å². The van der Waals surface area contributed by atoms with Gasteiger partial charge in [0.05, 0.1) is 17.9 Å². The van der Waals surface area contributed by atoms with Crippen molar-refractivity contribution < 1.29 is 28.0 Å². The molecule has 8 heteroatoms. The Morgan fingerprint density at radius 2 is 1.00 bits per heavy atom. The molecule has 7 nitrogen and oxygen atoms in total. The van der Waals surface area contributed by atoms with Crippen LogP contribution in [0.1, 0.15) is 149 Å². The van der Waals surface area contributed by atoms with Crippen molar-refractivity contribution in [3.05, 3.63) is 0 Å². The highest BCUT2D eigenvalue weighted by Crippen LogP contribution is 2.15. The molecule has 36 heavy (non-hydrogen) atoms. The van der Waals surface area contributed by atoms with Gasteiger partial charge in [0.15, 0.2) is 0 Å². The first-order chi connectivity index (χ1) is 17.2. The largest absolute Gasteiger partial charge is 0.391 e. The van der Waals surface area contributed by atoms with Gasteiger partial charge in [-0.15, -0.1) is 0 Å². The summed E-state index contributed by atoms with van der Waals surface area (Å²) in [7, 11) is -4.38. The lowest BCUT2D eigenvalue weighted by Crippen LogP contribution is -2.50. The Hall–Kier alpha value is -0.700. The summed E-state index contributed by atoms with van der Waals surface area (Å²) >= 11 is 0. The zero-order valence-electron chi connectivity index (χ0n) is 23.3. The van der Waals surface area contributed by atoms with Crippen molar-refractivity contribution >= 4 is 16.0 Å². The molecule has 0 aliphatic rings. The van der Waals surface area contributed by atoms with Crippen LogP contribution in [0.25, 0.3) is 0 Å². The first-order valence-corrected chi connectivity index (χ1v) is 16.4. The van der Waals surface area contributed by atoms with Crippen molar-refractivity contribution in [1.29, 1.82) is 0 Å². The summed E-state index contributed by atoms with van der Waals surface area (Å²) in [5, 5.41) is 23.2. The molecule has 0 aliphatic carbocycles. The molecule has 0 aromatic carbocycles. The summed E-state index contributed by atoms with van der Waals surface area (Å²) in [4.78, 5) is 12.4. The molecule has 1 amide bonds. The molecule has 0 radical (unpaired) electrons. The SMILES string of the molecule is CCCCCCCCCCCCCC(O)C(CS(=O)(=O)O)NC(=O)C(O)CCCCCCCCCC. The lowest BCUT2D eigenvalue weighted by atomic mass is 10.0. The average Bonchev–Trinajstić information content (AvgIpc) is 2.82. The number of aliphatic hydroxyl groups excluding tert-OH is 2. The number of hydrogen-bond donors (Lipinski definition) is 4. The molecule has 4 N–H and O–H groups in total. The molecule has 3 unspecified atom stereocenters. The van der Waals surface area contributed by atoms with Gasteiger partial charge in [-0.3, -0.25) is 9.35 Å². The summed E-state index contributed by atoms with van der Waals surface area (Å²) in [5.41, 5.74) is 0. The van der Waals surface area contributed by atoms with Crippen LogP contribution in [0, 0.1) is 0 Å². The number of carbonyl (C=O) groups is 1. The first-order valence-electron chi connectivity index (χ1n) is 14.8. The monoisotopic (exact) mass is 535 g/mol. The molecule has 3 atom stereocenters. The predicted octanol–water partition coefficient (Wildman–Crippen LogP) is 6.31. The highest BCUT2D eigenvalue weighted by Gasteiger charge is 2.28. The number of aliphatic hydroxyl groups is 2. The fourth-order valence-corrected chi connectivity index (χ4v) is 5.34. The van der Waals surface area contributed by atoms with E-state index in [2.05, 4.69) is 19.2 Å². The molecule has 0 aromatic rings. The van der Waals surface area contributed by atoms with Crippen molar-refractivity contribution in [1.82, 2.24) is 5.32 Å². The average molecular weight is 536 g/mol. The second kappa shape index (κ2) is 23.4. The minimum absolute atomic E-state index is 0.300. The van der Waals surface area contributed by atoms with Gasteiger partial charge in [0.1, 0.15) is 6.10 Å². The van der Waals surface area contributed by atoms with E-state index in [9.17, 15) is 28.0 Å². The minimum Gasteiger partial charge on any atom is -0.391 e. The van der Waals surface area contributed by atoms with Crippen molar-refractivity contribution in [2.75, 3.05) is 5.75 Å². The third-order valence-electron chi connectivity index (χ3n) is 6.92. The molecule has 0 rings (SSSR count). The molecular weight excluding hydrogens is 478 g/mol. The normalized spacial score (nSPS) is 14.5. The van der Waals surface area contributed by atoms with Crippen LogP contribution in [-0.2, 0) is 14.9 Å². The summed E-state index contributed by atoms with van der Waals surface area (Å²) in [5.74, 6) is -1.45. The van der Waals surface area contributed by atoms with Crippen LogP contribution < -0.4 is 5.32 Å². The van der Waals surface area contributed by atoms with E-state index in [0.717, 1.165) is 44.9 Å². The Morgan fingerprint density at radius 1 is 0.639 bits per heavy atom. The summed E-state index contributed by atoms with van der Waals surface area (Å²) in [6.45, 7) is 4.41. The lowest BCUT2D eigenvalue weighted by molar-refractivity contribution is -0.131. The van der Waals surface area contributed by atoms with Crippen molar-refractivity contribution in [3.8, 4) is 0 Å². The quantitative estimate of drug-likeness (QED) is 0.0760. The topological polar surface area (TPSA) is 124 Å². The summed E-state index contributed by atoms with van der Waals surface area (Å²) in [6.07, 6.45) is 20.0. The fraction of sp³-hybridized carbons (Fsp3) is 0.964. The Kier molecular flexibility index (Phi) is 23.0. The number of nitrogens with one attached hydrogen (secondary N) is 1. The number of hydrogen-bond acceptors (Lipinski definition) is 5. The van der Waals surface area contributed by atoms with Crippen LogP contribution in [0.5, 0.6) is 0 Å². The van der Waals surface area contributed by atoms with E-state index in [1.807, 2.05) is 0 Å².